The number of carbonyl (C=O) groups excluding carboxylic acids is 1. The maximum atomic E-state index is 13.6. The van der Waals surface area contributed by atoms with Crippen LogP contribution in [0.15, 0.2) is 64.0 Å². The molecule has 7 rings (SSSR count). The molecule has 5 heterocycles. The van der Waals surface area contributed by atoms with Gasteiger partial charge in [-0.1, -0.05) is 24.3 Å². The van der Waals surface area contributed by atoms with E-state index in [0.29, 0.717) is 21.7 Å². The van der Waals surface area contributed by atoms with E-state index in [1.807, 2.05) is 12.1 Å². The zero-order valence-electron chi connectivity index (χ0n) is 28.5. The molecule has 4 aliphatic heterocycles. The number of anilines is 2. The predicted octanol–water partition coefficient (Wildman–Crippen LogP) is 5.43. The van der Waals surface area contributed by atoms with Crippen LogP contribution >= 0.6 is 15.9 Å². The van der Waals surface area contributed by atoms with Gasteiger partial charge in [-0.25, -0.2) is 4.68 Å². The number of hydrogen-bond acceptors (Lipinski definition) is 7. The Bertz CT molecular complexity index is 1620. The topological polar surface area (TPSA) is 85.7 Å². The van der Waals surface area contributed by atoms with Crippen LogP contribution in [-0.4, -0.2) is 90.9 Å². The second-order valence-electron chi connectivity index (χ2n) is 14.8. The molecular weight excluding hydrogens is 666 g/mol. The molecule has 3 atom stereocenters. The summed E-state index contributed by atoms with van der Waals surface area (Å²) in [6.45, 7) is 7.99. The average molecular weight is 717 g/mol. The summed E-state index contributed by atoms with van der Waals surface area (Å²) in [4.78, 5) is 32.9. The van der Waals surface area contributed by atoms with Crippen LogP contribution in [0, 0.1) is 5.41 Å². The lowest BCUT2D eigenvalue weighted by molar-refractivity contribution is 0.0515. The SMILES string of the molecule is CN1C[C@H](Nc2cnn(C)c(=O)c2Br)C[C@H](c2ccc(C(=O)N3CCC4(CC3)CCN(c3ccc(C5CCCNC5)cc3)CC4)cc2)C1. The summed E-state index contributed by atoms with van der Waals surface area (Å²) in [6, 6.07) is 17.9. The van der Waals surface area contributed by atoms with Gasteiger partial charge in [0.25, 0.3) is 11.5 Å². The number of hydrogen-bond donors (Lipinski definition) is 2. The van der Waals surface area contributed by atoms with Crippen LogP contribution in [0.2, 0.25) is 0 Å². The maximum absolute atomic E-state index is 13.6. The molecule has 3 aromatic rings. The van der Waals surface area contributed by atoms with Crippen LogP contribution in [0.1, 0.15) is 78.3 Å². The molecule has 48 heavy (non-hydrogen) atoms. The first kappa shape index (κ1) is 33.3. The quantitative estimate of drug-likeness (QED) is 0.352. The van der Waals surface area contributed by atoms with Crippen molar-refractivity contribution in [1.82, 2.24) is 24.9 Å². The highest BCUT2D eigenvalue weighted by molar-refractivity contribution is 9.10. The molecule has 10 heteroatoms. The Kier molecular flexibility index (Phi) is 9.94. The monoisotopic (exact) mass is 715 g/mol. The van der Waals surface area contributed by atoms with Crippen LogP contribution in [-0.2, 0) is 7.05 Å². The molecule has 1 aromatic heterocycles. The summed E-state index contributed by atoms with van der Waals surface area (Å²) in [5, 5.41) is 11.3. The van der Waals surface area contributed by atoms with Crippen LogP contribution in [0.5, 0.6) is 0 Å². The van der Waals surface area contributed by atoms with Gasteiger partial charge in [0.1, 0.15) is 4.47 Å². The van der Waals surface area contributed by atoms with E-state index in [9.17, 15) is 9.59 Å². The summed E-state index contributed by atoms with van der Waals surface area (Å²) < 4.78 is 1.84. The number of nitrogens with zero attached hydrogens (tertiary/aromatic N) is 5. The first-order valence-corrected chi connectivity index (χ1v) is 18.7. The van der Waals surface area contributed by atoms with E-state index in [2.05, 4.69) is 89.8 Å². The highest BCUT2D eigenvalue weighted by Gasteiger charge is 2.39. The van der Waals surface area contributed by atoms with Crippen molar-refractivity contribution in [1.29, 1.82) is 0 Å². The van der Waals surface area contributed by atoms with Gasteiger partial charge in [-0.15, -0.1) is 0 Å². The molecule has 1 unspecified atom stereocenters. The van der Waals surface area contributed by atoms with Gasteiger partial charge in [-0.3, -0.25) is 9.59 Å². The number of nitrogens with one attached hydrogen (secondary N) is 2. The molecular formula is C38H50BrN7O2. The second kappa shape index (κ2) is 14.3. The van der Waals surface area contributed by atoms with Crippen molar-refractivity contribution in [2.45, 2.75) is 62.8 Å². The second-order valence-corrected chi connectivity index (χ2v) is 15.6. The lowest BCUT2D eigenvalue weighted by Crippen LogP contribution is -2.48. The Morgan fingerprint density at radius 2 is 1.58 bits per heavy atom. The Hall–Kier alpha value is -3.21. The first-order valence-electron chi connectivity index (χ1n) is 17.9. The van der Waals surface area contributed by atoms with Crippen molar-refractivity contribution in [2.24, 2.45) is 12.5 Å². The number of amides is 1. The van der Waals surface area contributed by atoms with E-state index in [1.54, 1.807) is 13.2 Å². The van der Waals surface area contributed by atoms with E-state index in [4.69, 9.17) is 0 Å². The summed E-state index contributed by atoms with van der Waals surface area (Å²) in [7, 11) is 3.79. The number of carbonyl (C=O) groups is 1. The summed E-state index contributed by atoms with van der Waals surface area (Å²) >= 11 is 3.44. The van der Waals surface area contributed by atoms with Gasteiger partial charge in [0, 0.05) is 70.2 Å². The highest BCUT2D eigenvalue weighted by Crippen LogP contribution is 2.42. The zero-order chi connectivity index (χ0) is 33.3. The van der Waals surface area contributed by atoms with Gasteiger partial charge in [-0.2, -0.15) is 5.10 Å². The van der Waals surface area contributed by atoms with E-state index in [0.717, 1.165) is 82.9 Å². The third kappa shape index (κ3) is 7.21. The lowest BCUT2D eigenvalue weighted by Gasteiger charge is -2.47. The van der Waals surface area contributed by atoms with Crippen molar-refractivity contribution in [3.8, 4) is 0 Å². The van der Waals surface area contributed by atoms with E-state index < -0.39 is 0 Å². The fraction of sp³-hybridized carbons (Fsp3) is 0.553. The smallest absolute Gasteiger partial charge is 0.282 e. The van der Waals surface area contributed by atoms with Crippen LogP contribution in [0.4, 0.5) is 11.4 Å². The molecule has 4 saturated heterocycles. The van der Waals surface area contributed by atoms with Gasteiger partial charge >= 0.3 is 0 Å². The molecule has 9 nitrogen and oxygen atoms in total. The molecule has 0 bridgehead atoms. The molecule has 4 fully saturated rings. The fourth-order valence-electron chi connectivity index (χ4n) is 8.59. The van der Waals surface area contributed by atoms with E-state index in [1.165, 1.54) is 47.2 Å². The summed E-state index contributed by atoms with van der Waals surface area (Å²) in [5.74, 6) is 1.14. The van der Waals surface area contributed by atoms with Crippen molar-refractivity contribution in [3.63, 3.8) is 0 Å². The lowest BCUT2D eigenvalue weighted by atomic mass is 9.71. The van der Waals surface area contributed by atoms with Crippen LogP contribution < -0.4 is 21.1 Å². The van der Waals surface area contributed by atoms with E-state index in [-0.39, 0.29) is 17.5 Å². The normalized spacial score (nSPS) is 24.9. The zero-order valence-corrected chi connectivity index (χ0v) is 30.1. The summed E-state index contributed by atoms with van der Waals surface area (Å²) in [6.07, 6.45) is 9.81. The molecule has 2 N–H and O–H groups in total. The molecule has 4 aliphatic rings. The molecule has 1 spiro atoms. The number of rotatable bonds is 6. The first-order chi connectivity index (χ1) is 23.3. The minimum Gasteiger partial charge on any atom is -0.379 e. The fourth-order valence-corrected chi connectivity index (χ4v) is 9.07. The van der Waals surface area contributed by atoms with E-state index >= 15 is 0 Å². The molecule has 256 valence electrons. The van der Waals surface area contributed by atoms with Crippen molar-refractivity contribution in [2.75, 3.05) is 69.6 Å². The standard InChI is InChI=1S/C38H50BrN7O2/c1-43-25-31(22-32(26-43)42-34-24-41-44(2)37(48)35(34)39)28-5-7-29(8-6-28)36(47)46-20-15-38(16-21-46)13-18-45(19-14-38)33-11-9-27(10-12-33)30-4-3-17-40-23-30/h5-12,24,30-32,40,42H,3-4,13-23,25-26H2,1-2H3/t30?,31-,32+/m0/s1. The van der Waals surface area contributed by atoms with Crippen molar-refractivity contribution in [3.05, 3.63) is 86.2 Å². The van der Waals surface area contributed by atoms with Crippen molar-refractivity contribution >= 4 is 33.2 Å². The van der Waals surface area contributed by atoms with Gasteiger partial charge in [-0.05, 0) is 127 Å². The number of halogens is 1. The number of likely N-dealkylation sites (N-methyl/N-ethyl adjacent to an activating group) is 1. The number of likely N-dealkylation sites (tertiary alicyclic amines) is 2. The highest BCUT2D eigenvalue weighted by atomic mass is 79.9. The molecule has 2 aromatic carbocycles. The average Bonchev–Trinajstić information content (AvgIpc) is 3.13. The molecule has 0 aliphatic carbocycles. The largest absolute Gasteiger partial charge is 0.379 e. The van der Waals surface area contributed by atoms with Crippen molar-refractivity contribution < 1.29 is 4.79 Å². The maximum Gasteiger partial charge on any atom is 0.282 e. The number of aryl methyl sites for hydroxylation is 1. The Labute approximate surface area is 293 Å². The van der Waals surface area contributed by atoms with Crippen LogP contribution in [0.25, 0.3) is 0 Å². The van der Waals surface area contributed by atoms with Gasteiger partial charge in [0.05, 0.1) is 11.9 Å². The Balaban J connectivity index is 0.903. The van der Waals surface area contributed by atoms with Gasteiger partial charge < -0.3 is 25.3 Å². The summed E-state index contributed by atoms with van der Waals surface area (Å²) in [5.41, 5.74) is 5.79. The third-order valence-corrected chi connectivity index (χ3v) is 12.4. The third-order valence-electron chi connectivity index (χ3n) is 11.7. The Morgan fingerprint density at radius 1 is 0.917 bits per heavy atom. The van der Waals surface area contributed by atoms with Crippen LogP contribution in [0.3, 0.4) is 0 Å². The number of benzene rings is 2. The molecule has 1 amide bonds. The van der Waals surface area contributed by atoms with Gasteiger partial charge in [0.15, 0.2) is 0 Å². The number of piperidine rings is 4. The number of aromatic nitrogens is 2. The van der Waals surface area contributed by atoms with Gasteiger partial charge in [0.2, 0.25) is 0 Å². The Morgan fingerprint density at radius 3 is 2.27 bits per heavy atom. The molecule has 0 radical (unpaired) electrons. The molecule has 0 saturated carbocycles. The predicted molar refractivity (Wildman–Crippen MR) is 196 cm³/mol. The minimum absolute atomic E-state index is 0.153. The minimum atomic E-state index is -0.153.